The summed E-state index contributed by atoms with van der Waals surface area (Å²) in [5, 5.41) is 2.41. The van der Waals surface area contributed by atoms with Crippen LogP contribution in [0.1, 0.15) is 44.9 Å². The van der Waals surface area contributed by atoms with E-state index in [2.05, 4.69) is 5.32 Å². The van der Waals surface area contributed by atoms with Crippen LogP contribution >= 0.6 is 0 Å². The molecule has 1 amide bonds. The number of carbonyl (C=O) groups is 2. The number of hydrogen-bond donors (Lipinski definition) is 1. The molecule has 0 saturated heterocycles. The van der Waals surface area contributed by atoms with E-state index in [9.17, 15) is 19.2 Å². The lowest BCUT2D eigenvalue weighted by Crippen LogP contribution is -2.38. The smallest absolute Gasteiger partial charge is 0.332 e. The third-order valence-corrected chi connectivity index (χ3v) is 4.64. The second kappa shape index (κ2) is 8.64. The highest BCUT2D eigenvalue weighted by Gasteiger charge is 2.16. The summed E-state index contributed by atoms with van der Waals surface area (Å²) in [7, 11) is 2.79. The topological polar surface area (TPSA) is 99.4 Å². The average Bonchev–Trinajstić information content (AvgIpc) is 2.61. The SMILES string of the molecule is Cn1c(NC(=O)COC(=O)CCC2CCCCC2)cc(=O)n(C)c1=O. The fourth-order valence-corrected chi connectivity index (χ4v) is 3.05. The minimum absolute atomic E-state index is 0.0661. The second-order valence-corrected chi connectivity index (χ2v) is 6.52. The van der Waals surface area contributed by atoms with E-state index < -0.39 is 29.7 Å². The first kappa shape index (κ1) is 19.0. The van der Waals surface area contributed by atoms with Gasteiger partial charge < -0.3 is 10.1 Å². The minimum atomic E-state index is -0.589. The third-order valence-electron chi connectivity index (χ3n) is 4.64. The van der Waals surface area contributed by atoms with Crippen molar-refractivity contribution in [2.45, 2.75) is 44.9 Å². The molecule has 0 bridgehead atoms. The molecule has 1 aliphatic carbocycles. The number of hydrogen-bond acceptors (Lipinski definition) is 5. The van der Waals surface area contributed by atoms with Crippen LogP contribution in [0.2, 0.25) is 0 Å². The molecule has 0 spiro atoms. The summed E-state index contributed by atoms with van der Waals surface area (Å²) >= 11 is 0. The van der Waals surface area contributed by atoms with E-state index in [1.807, 2.05) is 0 Å². The van der Waals surface area contributed by atoms with Gasteiger partial charge in [0, 0.05) is 26.6 Å². The maximum Gasteiger partial charge on any atom is 0.332 e. The normalized spacial score (nSPS) is 15.0. The average molecular weight is 351 g/mol. The first-order chi connectivity index (χ1) is 11.9. The van der Waals surface area contributed by atoms with Gasteiger partial charge >= 0.3 is 11.7 Å². The monoisotopic (exact) mass is 351 g/mol. The Kier molecular flexibility index (Phi) is 6.55. The predicted molar refractivity (Wildman–Crippen MR) is 92.3 cm³/mol. The number of carbonyl (C=O) groups excluding carboxylic acids is 2. The van der Waals surface area contributed by atoms with Gasteiger partial charge in [-0.2, -0.15) is 0 Å². The maximum atomic E-state index is 11.9. The van der Waals surface area contributed by atoms with Gasteiger partial charge in [-0.05, 0) is 12.3 Å². The molecule has 1 N–H and O–H groups in total. The van der Waals surface area contributed by atoms with Crippen molar-refractivity contribution in [1.82, 2.24) is 9.13 Å². The highest BCUT2D eigenvalue weighted by atomic mass is 16.5. The van der Waals surface area contributed by atoms with Crippen molar-refractivity contribution in [3.8, 4) is 0 Å². The summed E-state index contributed by atoms with van der Waals surface area (Å²) in [5.74, 6) is -0.352. The lowest BCUT2D eigenvalue weighted by Gasteiger charge is -2.20. The number of ether oxygens (including phenoxy) is 1. The van der Waals surface area contributed by atoms with Crippen molar-refractivity contribution in [2.75, 3.05) is 11.9 Å². The van der Waals surface area contributed by atoms with Gasteiger partial charge in [0.1, 0.15) is 5.82 Å². The molecule has 1 fully saturated rings. The molecule has 1 aromatic rings. The fourth-order valence-electron chi connectivity index (χ4n) is 3.05. The Bertz CT molecular complexity index is 744. The Morgan fingerprint density at radius 1 is 1.16 bits per heavy atom. The highest BCUT2D eigenvalue weighted by molar-refractivity contribution is 5.91. The molecule has 8 heteroatoms. The van der Waals surface area contributed by atoms with Crippen LogP contribution in [0.15, 0.2) is 15.7 Å². The molecule has 25 heavy (non-hydrogen) atoms. The molecule has 0 radical (unpaired) electrons. The molecule has 0 atom stereocenters. The van der Waals surface area contributed by atoms with Crippen molar-refractivity contribution in [2.24, 2.45) is 20.0 Å². The molecular formula is C17H25N3O5. The summed E-state index contributed by atoms with van der Waals surface area (Å²) < 4.78 is 7.04. The van der Waals surface area contributed by atoms with Gasteiger partial charge in [-0.15, -0.1) is 0 Å². The Hall–Kier alpha value is -2.38. The van der Waals surface area contributed by atoms with Crippen LogP contribution < -0.4 is 16.6 Å². The van der Waals surface area contributed by atoms with E-state index in [4.69, 9.17) is 4.74 Å². The molecule has 8 nitrogen and oxygen atoms in total. The standard InChI is InChI=1S/C17H25N3O5/c1-19-13(10-15(22)20(2)17(19)24)18-14(21)11-25-16(23)9-8-12-6-4-3-5-7-12/h10,12H,3-9,11H2,1-2H3,(H,18,21). The summed E-state index contributed by atoms with van der Waals surface area (Å²) in [5.41, 5.74) is -1.07. The molecule has 2 rings (SSSR count). The van der Waals surface area contributed by atoms with Crippen LogP contribution in [0.5, 0.6) is 0 Å². The second-order valence-electron chi connectivity index (χ2n) is 6.52. The van der Waals surface area contributed by atoms with Gasteiger partial charge in [-0.25, -0.2) is 4.79 Å². The van der Waals surface area contributed by atoms with Gasteiger partial charge in [0.25, 0.3) is 11.5 Å². The van der Waals surface area contributed by atoms with E-state index in [0.29, 0.717) is 12.3 Å². The van der Waals surface area contributed by atoms with Crippen molar-refractivity contribution in [3.05, 3.63) is 26.9 Å². The number of anilines is 1. The fraction of sp³-hybridized carbons (Fsp3) is 0.647. The first-order valence-electron chi connectivity index (χ1n) is 8.61. The number of nitrogens with one attached hydrogen (secondary N) is 1. The maximum absolute atomic E-state index is 11.9. The molecular weight excluding hydrogens is 326 g/mol. The molecule has 1 aliphatic rings. The summed E-state index contributed by atoms with van der Waals surface area (Å²) in [6, 6.07) is 1.14. The van der Waals surface area contributed by atoms with Crippen LogP contribution in [-0.4, -0.2) is 27.6 Å². The van der Waals surface area contributed by atoms with Crippen LogP contribution in [-0.2, 0) is 28.4 Å². The minimum Gasteiger partial charge on any atom is -0.456 e. The van der Waals surface area contributed by atoms with E-state index >= 15 is 0 Å². The largest absolute Gasteiger partial charge is 0.456 e. The summed E-state index contributed by atoms with van der Waals surface area (Å²) in [4.78, 5) is 47.0. The Labute approximate surface area is 145 Å². The zero-order chi connectivity index (χ0) is 18.4. The van der Waals surface area contributed by atoms with E-state index in [-0.39, 0.29) is 5.82 Å². The number of amides is 1. The Morgan fingerprint density at radius 2 is 1.84 bits per heavy atom. The van der Waals surface area contributed by atoms with Crippen molar-refractivity contribution in [3.63, 3.8) is 0 Å². The molecule has 0 aromatic carbocycles. The summed E-state index contributed by atoms with van der Waals surface area (Å²) in [6.07, 6.45) is 7.13. The number of aromatic nitrogens is 2. The van der Waals surface area contributed by atoms with Crippen molar-refractivity contribution < 1.29 is 14.3 Å². The van der Waals surface area contributed by atoms with Gasteiger partial charge in [-0.3, -0.25) is 23.5 Å². The van der Waals surface area contributed by atoms with Crippen LogP contribution in [0.3, 0.4) is 0 Å². The lowest BCUT2D eigenvalue weighted by molar-refractivity contribution is -0.147. The van der Waals surface area contributed by atoms with Crippen molar-refractivity contribution in [1.29, 1.82) is 0 Å². The number of rotatable bonds is 6. The van der Waals surface area contributed by atoms with Gasteiger partial charge in [0.2, 0.25) is 0 Å². The predicted octanol–water partition coefficient (Wildman–Crippen LogP) is 0.926. The molecule has 1 aromatic heterocycles. The first-order valence-corrected chi connectivity index (χ1v) is 8.61. The highest BCUT2D eigenvalue weighted by Crippen LogP contribution is 2.27. The van der Waals surface area contributed by atoms with E-state index in [0.717, 1.165) is 34.5 Å². The van der Waals surface area contributed by atoms with Crippen LogP contribution in [0.4, 0.5) is 5.82 Å². The van der Waals surface area contributed by atoms with E-state index in [1.54, 1.807) is 0 Å². The van der Waals surface area contributed by atoms with E-state index in [1.165, 1.54) is 33.4 Å². The third kappa shape index (κ3) is 5.30. The van der Waals surface area contributed by atoms with Gasteiger partial charge in [0.15, 0.2) is 6.61 Å². The molecule has 1 saturated carbocycles. The lowest BCUT2D eigenvalue weighted by atomic mass is 9.86. The van der Waals surface area contributed by atoms with Gasteiger partial charge in [0.05, 0.1) is 0 Å². The molecule has 1 heterocycles. The zero-order valence-corrected chi connectivity index (χ0v) is 14.7. The van der Waals surface area contributed by atoms with Crippen LogP contribution in [0.25, 0.3) is 0 Å². The zero-order valence-electron chi connectivity index (χ0n) is 14.7. The quantitative estimate of drug-likeness (QED) is 0.769. The van der Waals surface area contributed by atoms with Crippen LogP contribution in [0, 0.1) is 5.92 Å². The Morgan fingerprint density at radius 3 is 2.52 bits per heavy atom. The molecule has 138 valence electrons. The van der Waals surface area contributed by atoms with Crippen molar-refractivity contribution >= 4 is 17.7 Å². The van der Waals surface area contributed by atoms with Gasteiger partial charge in [-0.1, -0.05) is 32.1 Å². The number of esters is 1. The number of nitrogens with zero attached hydrogens (tertiary/aromatic N) is 2. The summed E-state index contributed by atoms with van der Waals surface area (Å²) in [6.45, 7) is -0.438. The molecule has 0 unspecified atom stereocenters. The Balaban J connectivity index is 1.79. The molecule has 0 aliphatic heterocycles.